The van der Waals surface area contributed by atoms with Crippen LogP contribution in [0.4, 0.5) is 0 Å². The van der Waals surface area contributed by atoms with Gasteiger partial charge in [0.1, 0.15) is 0 Å². The molecule has 0 saturated heterocycles. The summed E-state index contributed by atoms with van der Waals surface area (Å²) in [4.78, 5) is 2.56. The quantitative estimate of drug-likeness (QED) is 0.586. The van der Waals surface area contributed by atoms with Crippen LogP contribution in [0.1, 0.15) is 32.6 Å². The summed E-state index contributed by atoms with van der Waals surface area (Å²) in [5, 5.41) is 0. The van der Waals surface area contributed by atoms with Gasteiger partial charge in [0, 0.05) is 6.54 Å². The van der Waals surface area contributed by atoms with Gasteiger partial charge in [-0.1, -0.05) is 6.92 Å². The molecule has 0 aromatic heterocycles. The first kappa shape index (κ1) is 10.0. The normalized spacial score (nSPS) is 17.2. The maximum absolute atomic E-state index is 5.45. The number of nitrogens with two attached hydrogens (primary N) is 1. The molecule has 2 nitrogen and oxygen atoms in total. The van der Waals surface area contributed by atoms with E-state index >= 15 is 0 Å². The smallest absolute Gasteiger partial charge is 0.000954 e. The number of unbranched alkanes of at least 4 members (excludes halogenated alkanes) is 1. The van der Waals surface area contributed by atoms with E-state index in [1.54, 1.807) is 0 Å². The maximum atomic E-state index is 5.45. The zero-order valence-electron chi connectivity index (χ0n) is 8.26. The van der Waals surface area contributed by atoms with Gasteiger partial charge in [-0.3, -0.25) is 0 Å². The van der Waals surface area contributed by atoms with Gasteiger partial charge in [-0.15, -0.1) is 0 Å². The van der Waals surface area contributed by atoms with Crippen LogP contribution in [-0.2, 0) is 0 Å². The molecule has 1 fully saturated rings. The van der Waals surface area contributed by atoms with E-state index in [0.29, 0.717) is 0 Å². The highest BCUT2D eigenvalue weighted by molar-refractivity contribution is 4.76. The lowest BCUT2D eigenvalue weighted by Crippen LogP contribution is -2.27. The van der Waals surface area contributed by atoms with Gasteiger partial charge in [-0.25, -0.2) is 0 Å². The largest absolute Gasteiger partial charge is 0.330 e. The minimum atomic E-state index is 0.848. The molecule has 0 aromatic carbocycles. The summed E-state index contributed by atoms with van der Waals surface area (Å²) in [6.07, 6.45) is 5.39. The Hall–Kier alpha value is -0.0800. The minimum Gasteiger partial charge on any atom is -0.330 e. The van der Waals surface area contributed by atoms with Crippen LogP contribution >= 0.6 is 0 Å². The molecule has 1 aliphatic carbocycles. The SMILES string of the molecule is CCN(CCCCN)CC1CC1. The molecule has 2 N–H and O–H groups in total. The van der Waals surface area contributed by atoms with E-state index in [-0.39, 0.29) is 0 Å². The average Bonchev–Trinajstić information content (AvgIpc) is 2.87. The van der Waals surface area contributed by atoms with E-state index in [0.717, 1.165) is 12.5 Å². The molecule has 1 saturated carbocycles. The van der Waals surface area contributed by atoms with E-state index in [1.165, 1.54) is 45.3 Å². The fraction of sp³-hybridized carbons (Fsp3) is 1.00. The second kappa shape index (κ2) is 5.55. The molecule has 0 bridgehead atoms. The van der Waals surface area contributed by atoms with Gasteiger partial charge >= 0.3 is 0 Å². The molecule has 0 atom stereocenters. The third-order valence-electron chi connectivity index (χ3n) is 2.59. The molecule has 0 heterocycles. The Balaban J connectivity index is 1.98. The average molecular weight is 170 g/mol. The van der Waals surface area contributed by atoms with Crippen LogP contribution in [0.5, 0.6) is 0 Å². The van der Waals surface area contributed by atoms with Gasteiger partial charge in [0.15, 0.2) is 0 Å². The van der Waals surface area contributed by atoms with E-state index in [9.17, 15) is 0 Å². The minimum absolute atomic E-state index is 0.848. The highest BCUT2D eigenvalue weighted by atomic mass is 15.1. The van der Waals surface area contributed by atoms with Crippen molar-refractivity contribution in [3.63, 3.8) is 0 Å². The Kier molecular flexibility index (Phi) is 4.62. The van der Waals surface area contributed by atoms with Crippen LogP contribution in [-0.4, -0.2) is 31.1 Å². The molecule has 0 aliphatic heterocycles. The maximum Gasteiger partial charge on any atom is 0.000954 e. The van der Waals surface area contributed by atoms with Crippen LogP contribution < -0.4 is 5.73 Å². The van der Waals surface area contributed by atoms with Crippen LogP contribution in [0.3, 0.4) is 0 Å². The van der Waals surface area contributed by atoms with Crippen LogP contribution in [0.2, 0.25) is 0 Å². The van der Waals surface area contributed by atoms with Gasteiger partial charge in [0.2, 0.25) is 0 Å². The van der Waals surface area contributed by atoms with Gasteiger partial charge in [-0.05, 0) is 51.2 Å². The summed E-state index contributed by atoms with van der Waals surface area (Å²) in [5.74, 6) is 1.03. The fourth-order valence-electron chi connectivity index (χ4n) is 1.52. The second-order valence-corrected chi connectivity index (χ2v) is 3.83. The van der Waals surface area contributed by atoms with E-state index in [1.807, 2.05) is 0 Å². The molecule has 0 spiro atoms. The summed E-state index contributed by atoms with van der Waals surface area (Å²) in [7, 11) is 0. The predicted molar refractivity (Wildman–Crippen MR) is 53.1 cm³/mol. The third kappa shape index (κ3) is 4.07. The first-order valence-corrected chi connectivity index (χ1v) is 5.29. The van der Waals surface area contributed by atoms with Crippen molar-refractivity contribution < 1.29 is 0 Å². The van der Waals surface area contributed by atoms with Gasteiger partial charge < -0.3 is 10.6 Å². The van der Waals surface area contributed by atoms with Crippen LogP contribution in [0.25, 0.3) is 0 Å². The third-order valence-corrected chi connectivity index (χ3v) is 2.59. The molecule has 0 radical (unpaired) electrons. The molecular formula is C10H22N2. The van der Waals surface area contributed by atoms with Crippen molar-refractivity contribution >= 4 is 0 Å². The fourth-order valence-corrected chi connectivity index (χ4v) is 1.52. The number of hydrogen-bond acceptors (Lipinski definition) is 2. The molecule has 0 unspecified atom stereocenters. The monoisotopic (exact) mass is 170 g/mol. The summed E-state index contributed by atoms with van der Waals surface area (Å²) < 4.78 is 0. The Labute approximate surface area is 76.1 Å². The molecule has 72 valence electrons. The molecule has 12 heavy (non-hydrogen) atoms. The van der Waals surface area contributed by atoms with Crippen molar-refractivity contribution in [3.8, 4) is 0 Å². The zero-order chi connectivity index (χ0) is 8.81. The lowest BCUT2D eigenvalue weighted by Gasteiger charge is -2.19. The zero-order valence-corrected chi connectivity index (χ0v) is 8.26. The summed E-state index contributed by atoms with van der Waals surface area (Å²) in [5.41, 5.74) is 5.45. The van der Waals surface area contributed by atoms with Crippen molar-refractivity contribution in [2.75, 3.05) is 26.2 Å². The Morgan fingerprint density at radius 1 is 1.33 bits per heavy atom. The standard InChI is InChI=1S/C10H22N2/c1-2-12(8-4-3-7-11)9-10-5-6-10/h10H,2-9,11H2,1H3. The lowest BCUT2D eigenvalue weighted by atomic mass is 10.2. The molecule has 1 aliphatic rings. The van der Waals surface area contributed by atoms with Crippen LogP contribution in [0, 0.1) is 5.92 Å². The number of hydrogen-bond donors (Lipinski definition) is 1. The van der Waals surface area contributed by atoms with Crippen molar-refractivity contribution in [1.29, 1.82) is 0 Å². The molecule has 2 heteroatoms. The molecular weight excluding hydrogens is 148 g/mol. The van der Waals surface area contributed by atoms with E-state index in [2.05, 4.69) is 11.8 Å². The van der Waals surface area contributed by atoms with Crippen molar-refractivity contribution in [2.45, 2.75) is 32.6 Å². The van der Waals surface area contributed by atoms with Gasteiger partial charge in [-0.2, -0.15) is 0 Å². The molecule has 0 aromatic rings. The Bertz CT molecular complexity index is 110. The predicted octanol–water partition coefficient (Wildman–Crippen LogP) is 1.46. The van der Waals surface area contributed by atoms with Gasteiger partial charge in [0.05, 0.1) is 0 Å². The molecule has 1 rings (SSSR count). The Morgan fingerprint density at radius 3 is 2.58 bits per heavy atom. The van der Waals surface area contributed by atoms with Crippen molar-refractivity contribution in [2.24, 2.45) is 11.7 Å². The second-order valence-electron chi connectivity index (χ2n) is 3.83. The summed E-state index contributed by atoms with van der Waals surface area (Å²) >= 11 is 0. The van der Waals surface area contributed by atoms with Crippen molar-refractivity contribution in [1.82, 2.24) is 4.90 Å². The first-order valence-electron chi connectivity index (χ1n) is 5.29. The summed E-state index contributed by atoms with van der Waals surface area (Å²) in [6.45, 7) is 6.90. The molecule has 0 amide bonds. The van der Waals surface area contributed by atoms with Crippen LogP contribution in [0.15, 0.2) is 0 Å². The summed E-state index contributed by atoms with van der Waals surface area (Å²) in [6, 6.07) is 0. The Morgan fingerprint density at radius 2 is 2.08 bits per heavy atom. The number of rotatable bonds is 7. The van der Waals surface area contributed by atoms with Crippen molar-refractivity contribution in [3.05, 3.63) is 0 Å². The van der Waals surface area contributed by atoms with Gasteiger partial charge in [0.25, 0.3) is 0 Å². The topological polar surface area (TPSA) is 29.3 Å². The van der Waals surface area contributed by atoms with E-state index in [4.69, 9.17) is 5.73 Å². The lowest BCUT2D eigenvalue weighted by molar-refractivity contribution is 0.271. The highest BCUT2D eigenvalue weighted by Crippen LogP contribution is 2.29. The first-order chi connectivity index (χ1) is 5.86. The number of nitrogens with zero attached hydrogens (tertiary/aromatic N) is 1. The van der Waals surface area contributed by atoms with E-state index < -0.39 is 0 Å². The highest BCUT2D eigenvalue weighted by Gasteiger charge is 2.23.